The Kier molecular flexibility index (Phi) is 19.1. The van der Waals surface area contributed by atoms with E-state index in [0.29, 0.717) is 6.54 Å². The average molecular weight is 415 g/mol. The monoisotopic (exact) mass is 414 g/mol. The van der Waals surface area contributed by atoms with Crippen molar-refractivity contribution in [2.75, 3.05) is 13.1 Å². The van der Waals surface area contributed by atoms with E-state index in [2.05, 4.69) is 6.92 Å². The van der Waals surface area contributed by atoms with Crippen LogP contribution < -0.4 is 5.73 Å². The van der Waals surface area contributed by atoms with Crippen LogP contribution >= 0.6 is 0 Å². The van der Waals surface area contributed by atoms with E-state index in [1.165, 1.54) is 88.4 Å². The Hall–Kier alpha value is -1.30. The van der Waals surface area contributed by atoms with Crippen molar-refractivity contribution in [3.8, 4) is 0 Å². The number of aliphatic carboxylic acids is 1. The summed E-state index contributed by atoms with van der Waals surface area (Å²) >= 11 is 0. The summed E-state index contributed by atoms with van der Waals surface area (Å²) in [5.74, 6) is -1.08. The number of hydrogen-bond acceptors (Lipinski definition) is 3. The van der Waals surface area contributed by atoms with Crippen LogP contribution in [0.4, 0.5) is 4.79 Å². The van der Waals surface area contributed by atoms with E-state index in [1.807, 2.05) is 0 Å². The molecule has 0 aromatic heterocycles. The number of amides is 2. The fraction of sp³-hybridized carbons (Fsp3) is 0.913. The van der Waals surface area contributed by atoms with Gasteiger partial charge in [0, 0.05) is 13.1 Å². The van der Waals surface area contributed by atoms with Crippen molar-refractivity contribution >= 4 is 12.0 Å². The topological polar surface area (TPSA) is 104 Å². The molecule has 0 aliphatic heterocycles. The average Bonchev–Trinajstić information content (AvgIpc) is 2.66. The maximum Gasteiger partial charge on any atom is 0.314 e. The molecular weight excluding hydrogens is 368 g/mol. The minimum Gasteiger partial charge on any atom is -0.481 e. The third-order valence-corrected chi connectivity index (χ3v) is 5.43. The quantitative estimate of drug-likeness (QED) is 0.217. The number of aliphatic hydroxyl groups is 1. The van der Waals surface area contributed by atoms with E-state index in [-0.39, 0.29) is 13.0 Å². The van der Waals surface area contributed by atoms with Crippen molar-refractivity contribution in [2.45, 2.75) is 122 Å². The number of nitrogens with zero attached hydrogens (tertiary/aromatic N) is 1. The van der Waals surface area contributed by atoms with Gasteiger partial charge in [-0.15, -0.1) is 0 Å². The molecule has 29 heavy (non-hydrogen) atoms. The summed E-state index contributed by atoms with van der Waals surface area (Å²) in [7, 11) is 0. The Morgan fingerprint density at radius 3 is 1.48 bits per heavy atom. The molecule has 0 saturated carbocycles. The van der Waals surface area contributed by atoms with Crippen molar-refractivity contribution in [2.24, 2.45) is 5.73 Å². The predicted molar refractivity (Wildman–Crippen MR) is 119 cm³/mol. The summed E-state index contributed by atoms with van der Waals surface area (Å²) in [6, 6.07) is -0.601. The molecule has 0 aromatic carbocycles. The number of primary amides is 1. The maximum absolute atomic E-state index is 11.4. The van der Waals surface area contributed by atoms with Crippen LogP contribution in [0.5, 0.6) is 0 Å². The van der Waals surface area contributed by atoms with Gasteiger partial charge in [0.05, 0.1) is 12.5 Å². The normalized spacial score (nSPS) is 12.1. The number of rotatable bonds is 21. The van der Waals surface area contributed by atoms with Crippen molar-refractivity contribution in [3.05, 3.63) is 0 Å². The Labute approximate surface area is 178 Å². The lowest BCUT2D eigenvalue weighted by Gasteiger charge is -2.22. The number of nitrogens with two attached hydrogens (primary N) is 1. The second kappa shape index (κ2) is 20.0. The number of aliphatic hydroxyl groups excluding tert-OH is 1. The highest BCUT2D eigenvalue weighted by Gasteiger charge is 2.17. The van der Waals surface area contributed by atoms with Crippen LogP contribution in [0.1, 0.15) is 116 Å². The number of carbonyl (C=O) groups excluding carboxylic acids is 1. The molecule has 1 unspecified atom stereocenters. The van der Waals surface area contributed by atoms with Gasteiger partial charge in [-0.05, 0) is 6.42 Å². The third-order valence-electron chi connectivity index (χ3n) is 5.43. The molecule has 0 aliphatic carbocycles. The summed E-state index contributed by atoms with van der Waals surface area (Å²) in [4.78, 5) is 23.3. The summed E-state index contributed by atoms with van der Waals surface area (Å²) in [5.41, 5.74) is 5.31. The van der Waals surface area contributed by atoms with Crippen LogP contribution in [0, 0.1) is 0 Å². The number of carboxylic acid groups (broad SMARTS) is 1. The van der Waals surface area contributed by atoms with Gasteiger partial charge < -0.3 is 20.8 Å². The number of carboxylic acids is 1. The molecule has 1 atom stereocenters. The molecule has 2 amide bonds. The third kappa shape index (κ3) is 19.8. The minimum absolute atomic E-state index is 0.0135. The molecule has 0 rings (SSSR count). The van der Waals surface area contributed by atoms with Crippen LogP contribution in [0.15, 0.2) is 0 Å². The van der Waals surface area contributed by atoms with Crippen molar-refractivity contribution in [1.29, 1.82) is 0 Å². The first-order valence-corrected chi connectivity index (χ1v) is 11.9. The SMILES string of the molecule is CCCCCCCCCCCCCCCCCCN(CC(O)CC(=O)O)C(N)=O. The zero-order chi connectivity index (χ0) is 21.7. The Morgan fingerprint density at radius 1 is 0.759 bits per heavy atom. The van der Waals surface area contributed by atoms with E-state index >= 15 is 0 Å². The number of hydrogen-bond donors (Lipinski definition) is 3. The molecule has 0 bridgehead atoms. The smallest absolute Gasteiger partial charge is 0.314 e. The van der Waals surface area contributed by atoms with Gasteiger partial charge in [-0.3, -0.25) is 4.79 Å². The highest BCUT2D eigenvalue weighted by Crippen LogP contribution is 2.14. The number of unbranched alkanes of at least 4 members (excludes halogenated alkanes) is 15. The molecule has 0 aromatic rings. The van der Waals surface area contributed by atoms with Crippen molar-refractivity contribution < 1.29 is 19.8 Å². The molecule has 4 N–H and O–H groups in total. The van der Waals surface area contributed by atoms with E-state index in [1.54, 1.807) is 0 Å². The second-order valence-corrected chi connectivity index (χ2v) is 8.34. The summed E-state index contributed by atoms with van der Waals surface area (Å²) in [5, 5.41) is 18.3. The van der Waals surface area contributed by atoms with E-state index < -0.39 is 18.1 Å². The largest absolute Gasteiger partial charge is 0.481 e. The van der Waals surface area contributed by atoms with Crippen LogP contribution in [0.2, 0.25) is 0 Å². The molecule has 0 saturated heterocycles. The molecular formula is C23H46N2O4. The highest BCUT2D eigenvalue weighted by atomic mass is 16.4. The van der Waals surface area contributed by atoms with Gasteiger partial charge in [-0.25, -0.2) is 4.79 Å². The minimum atomic E-state index is -1.08. The zero-order valence-corrected chi connectivity index (χ0v) is 18.7. The molecule has 172 valence electrons. The molecule has 6 heteroatoms. The predicted octanol–water partition coefficient (Wildman–Crippen LogP) is 5.46. The fourth-order valence-corrected chi connectivity index (χ4v) is 3.66. The summed E-state index contributed by atoms with van der Waals surface area (Å²) in [6.45, 7) is 2.72. The summed E-state index contributed by atoms with van der Waals surface area (Å²) < 4.78 is 0. The van der Waals surface area contributed by atoms with Gasteiger partial charge in [0.15, 0.2) is 0 Å². The first-order chi connectivity index (χ1) is 14.0. The number of urea groups is 1. The van der Waals surface area contributed by atoms with Gasteiger partial charge in [-0.2, -0.15) is 0 Å². The summed E-state index contributed by atoms with van der Waals surface area (Å²) in [6.07, 6.45) is 19.2. The standard InChI is InChI=1S/C23H46N2O4/c1-2-3-4-5-6-7-8-9-10-11-12-13-14-15-16-17-18-25(23(24)29)20-21(26)19-22(27)28/h21,26H,2-20H2,1H3,(H2,24,29)(H,27,28). The lowest BCUT2D eigenvalue weighted by Crippen LogP contribution is -2.42. The van der Waals surface area contributed by atoms with Gasteiger partial charge in [0.25, 0.3) is 0 Å². The van der Waals surface area contributed by atoms with Crippen molar-refractivity contribution in [1.82, 2.24) is 4.90 Å². The van der Waals surface area contributed by atoms with Crippen LogP contribution in [0.3, 0.4) is 0 Å². The molecule has 0 spiro atoms. The lowest BCUT2D eigenvalue weighted by atomic mass is 10.0. The van der Waals surface area contributed by atoms with Crippen LogP contribution in [-0.4, -0.2) is 46.3 Å². The molecule has 0 heterocycles. The first-order valence-electron chi connectivity index (χ1n) is 11.9. The molecule has 0 radical (unpaired) electrons. The highest BCUT2D eigenvalue weighted by molar-refractivity contribution is 5.72. The van der Waals surface area contributed by atoms with Crippen LogP contribution in [-0.2, 0) is 4.79 Å². The molecule has 0 aliphatic rings. The van der Waals surface area contributed by atoms with E-state index in [0.717, 1.165) is 19.3 Å². The number of carbonyl (C=O) groups is 2. The van der Waals surface area contributed by atoms with E-state index in [9.17, 15) is 14.7 Å². The van der Waals surface area contributed by atoms with Crippen LogP contribution in [0.25, 0.3) is 0 Å². The molecule has 6 nitrogen and oxygen atoms in total. The van der Waals surface area contributed by atoms with Gasteiger partial charge in [0.2, 0.25) is 0 Å². The molecule has 0 fully saturated rings. The Morgan fingerprint density at radius 2 is 1.14 bits per heavy atom. The van der Waals surface area contributed by atoms with Gasteiger partial charge in [0.1, 0.15) is 0 Å². The first kappa shape index (κ1) is 27.7. The van der Waals surface area contributed by atoms with Gasteiger partial charge >= 0.3 is 12.0 Å². The van der Waals surface area contributed by atoms with E-state index in [4.69, 9.17) is 10.8 Å². The zero-order valence-electron chi connectivity index (χ0n) is 18.7. The Bertz CT molecular complexity index is 404. The second-order valence-electron chi connectivity index (χ2n) is 8.34. The van der Waals surface area contributed by atoms with Crippen molar-refractivity contribution in [3.63, 3.8) is 0 Å². The fourth-order valence-electron chi connectivity index (χ4n) is 3.66. The Balaban J connectivity index is 3.44. The lowest BCUT2D eigenvalue weighted by molar-refractivity contribution is -0.139. The maximum atomic E-state index is 11.4. The van der Waals surface area contributed by atoms with Gasteiger partial charge in [-0.1, -0.05) is 103 Å².